The number of benzene rings is 1. The molecule has 2 N–H and O–H groups in total. The predicted octanol–water partition coefficient (Wildman–Crippen LogP) is 1.41. The van der Waals surface area contributed by atoms with Gasteiger partial charge < -0.3 is 10.1 Å². The van der Waals surface area contributed by atoms with Crippen LogP contribution in [-0.4, -0.2) is 78.0 Å². The van der Waals surface area contributed by atoms with E-state index < -0.39 is 21.8 Å². The quantitative estimate of drug-likeness (QED) is 0.818. The molecule has 2 aromatic rings. The summed E-state index contributed by atoms with van der Waals surface area (Å²) in [5, 5.41) is 10.9. The molecule has 2 saturated heterocycles. The Balaban J connectivity index is 1.54. The van der Waals surface area contributed by atoms with Crippen molar-refractivity contribution in [2.24, 2.45) is 0 Å². The largest absolute Gasteiger partial charge is 0.480 e. The summed E-state index contributed by atoms with van der Waals surface area (Å²) >= 11 is 0. The molecule has 0 saturated carbocycles. The van der Waals surface area contributed by atoms with Gasteiger partial charge >= 0.3 is 5.97 Å². The number of carboxylic acid groups (broad SMARTS) is 1. The Labute approximate surface area is 158 Å². The van der Waals surface area contributed by atoms with Crippen LogP contribution >= 0.6 is 0 Å². The highest BCUT2D eigenvalue weighted by Crippen LogP contribution is 2.33. The predicted molar refractivity (Wildman–Crippen MR) is 104 cm³/mol. The Morgan fingerprint density at radius 3 is 2.56 bits per heavy atom. The number of nitrogens with one attached hydrogen (secondary N) is 1. The molecule has 7 nitrogen and oxygen atoms in total. The van der Waals surface area contributed by atoms with Gasteiger partial charge in [0.2, 0.25) is 0 Å². The van der Waals surface area contributed by atoms with Gasteiger partial charge in [-0.15, -0.1) is 0 Å². The first-order valence-corrected chi connectivity index (χ1v) is 11.2. The Morgan fingerprint density at radius 2 is 1.93 bits per heavy atom. The van der Waals surface area contributed by atoms with Gasteiger partial charge in [0.05, 0.1) is 11.5 Å². The fraction of sp³-hybridized carbons (Fsp3) is 0.526. The first-order valence-electron chi connectivity index (χ1n) is 9.34. The molecule has 0 bridgehead atoms. The van der Waals surface area contributed by atoms with E-state index in [1.165, 1.54) is 0 Å². The van der Waals surface area contributed by atoms with Crippen molar-refractivity contribution in [3.63, 3.8) is 0 Å². The lowest BCUT2D eigenvalue weighted by Crippen LogP contribution is -2.52. The standard InChI is InChI=1S/C19H25N3O4S/c1-13-17(15-4-2-3-5-16(15)20-13)18(19(23)24)22-9-7-21(8-10-22)14-6-11-27(25,26)12-14/h2-5,14,18,20H,6-12H2,1H3,(H,23,24)/t14-,18+/m0/s1. The van der Waals surface area contributed by atoms with Crippen LogP contribution in [0.15, 0.2) is 24.3 Å². The Hall–Kier alpha value is -1.90. The lowest BCUT2D eigenvalue weighted by molar-refractivity contribution is -0.144. The molecule has 1 aromatic heterocycles. The number of sulfone groups is 1. The molecule has 2 fully saturated rings. The maximum absolute atomic E-state index is 12.2. The molecular weight excluding hydrogens is 366 g/mol. The van der Waals surface area contributed by atoms with E-state index in [2.05, 4.69) is 9.88 Å². The number of piperazine rings is 1. The summed E-state index contributed by atoms with van der Waals surface area (Å²) in [4.78, 5) is 19.7. The van der Waals surface area contributed by atoms with Crippen molar-refractivity contribution in [3.8, 4) is 0 Å². The highest BCUT2D eigenvalue weighted by molar-refractivity contribution is 7.91. The van der Waals surface area contributed by atoms with Crippen molar-refractivity contribution in [2.45, 2.75) is 25.4 Å². The number of hydrogen-bond donors (Lipinski definition) is 2. The molecule has 8 heteroatoms. The highest BCUT2D eigenvalue weighted by atomic mass is 32.2. The average molecular weight is 391 g/mol. The number of rotatable bonds is 4. The zero-order chi connectivity index (χ0) is 19.2. The number of H-pyrrole nitrogens is 1. The number of fused-ring (bicyclic) bond motifs is 1. The van der Waals surface area contributed by atoms with Gasteiger partial charge in [0.15, 0.2) is 9.84 Å². The molecule has 3 heterocycles. The Morgan fingerprint density at radius 1 is 1.22 bits per heavy atom. The minimum absolute atomic E-state index is 0.0789. The van der Waals surface area contributed by atoms with Gasteiger partial charge in [-0.05, 0) is 19.4 Å². The van der Waals surface area contributed by atoms with Crippen LogP contribution < -0.4 is 0 Å². The van der Waals surface area contributed by atoms with Crippen molar-refractivity contribution >= 4 is 26.7 Å². The molecular formula is C19H25N3O4S. The lowest BCUT2D eigenvalue weighted by Gasteiger charge is -2.40. The number of para-hydroxylation sites is 1. The van der Waals surface area contributed by atoms with Crippen molar-refractivity contribution in [2.75, 3.05) is 37.7 Å². The number of aromatic nitrogens is 1. The zero-order valence-electron chi connectivity index (χ0n) is 15.4. The number of aryl methyl sites for hydroxylation is 1. The van der Waals surface area contributed by atoms with E-state index in [1.807, 2.05) is 36.1 Å². The first-order chi connectivity index (χ1) is 12.9. The van der Waals surface area contributed by atoms with E-state index in [9.17, 15) is 18.3 Å². The third kappa shape index (κ3) is 3.49. The molecule has 0 aliphatic carbocycles. The zero-order valence-corrected chi connectivity index (χ0v) is 16.2. The fourth-order valence-corrected chi connectivity index (χ4v) is 6.30. The van der Waals surface area contributed by atoms with E-state index >= 15 is 0 Å². The van der Waals surface area contributed by atoms with Gasteiger partial charge in [-0.1, -0.05) is 18.2 Å². The lowest BCUT2D eigenvalue weighted by atomic mass is 10.0. The van der Waals surface area contributed by atoms with Crippen LogP contribution in [-0.2, 0) is 14.6 Å². The number of aromatic amines is 1. The van der Waals surface area contributed by atoms with Gasteiger partial charge in [0.25, 0.3) is 0 Å². The Kier molecular flexibility index (Phi) is 4.73. The van der Waals surface area contributed by atoms with Crippen LogP contribution in [0.5, 0.6) is 0 Å². The van der Waals surface area contributed by atoms with Crippen LogP contribution in [0.25, 0.3) is 10.9 Å². The summed E-state index contributed by atoms with van der Waals surface area (Å²) in [6.45, 7) is 4.56. The molecule has 27 heavy (non-hydrogen) atoms. The molecule has 2 aliphatic heterocycles. The number of hydrogen-bond acceptors (Lipinski definition) is 5. The summed E-state index contributed by atoms with van der Waals surface area (Å²) in [5.74, 6) is -0.346. The second-order valence-electron chi connectivity index (χ2n) is 7.58. The molecule has 0 amide bonds. The van der Waals surface area contributed by atoms with Crippen LogP contribution in [0.1, 0.15) is 23.7 Å². The second kappa shape index (κ2) is 6.92. The van der Waals surface area contributed by atoms with E-state index in [0.717, 1.165) is 22.2 Å². The maximum atomic E-state index is 12.2. The van der Waals surface area contributed by atoms with Crippen molar-refractivity contribution < 1.29 is 18.3 Å². The van der Waals surface area contributed by atoms with Gasteiger partial charge in [0, 0.05) is 54.4 Å². The van der Waals surface area contributed by atoms with Crippen molar-refractivity contribution in [1.29, 1.82) is 0 Å². The van der Waals surface area contributed by atoms with Crippen molar-refractivity contribution in [3.05, 3.63) is 35.5 Å². The topological polar surface area (TPSA) is 93.7 Å². The summed E-state index contributed by atoms with van der Waals surface area (Å²) in [5.41, 5.74) is 2.66. The smallest absolute Gasteiger partial charge is 0.325 e. The molecule has 4 rings (SSSR count). The van der Waals surface area contributed by atoms with Gasteiger partial charge in [-0.25, -0.2) is 8.42 Å². The summed E-state index contributed by atoms with van der Waals surface area (Å²) < 4.78 is 23.5. The van der Waals surface area contributed by atoms with Crippen molar-refractivity contribution in [1.82, 2.24) is 14.8 Å². The molecule has 0 unspecified atom stereocenters. The summed E-state index contributed by atoms with van der Waals surface area (Å²) in [6.07, 6.45) is 0.687. The number of nitrogens with zero attached hydrogens (tertiary/aromatic N) is 2. The van der Waals surface area contributed by atoms with Crippen LogP contribution in [0, 0.1) is 6.92 Å². The third-order valence-electron chi connectivity index (χ3n) is 5.89. The van der Waals surface area contributed by atoms with E-state index in [0.29, 0.717) is 32.6 Å². The van der Waals surface area contributed by atoms with E-state index in [-0.39, 0.29) is 17.5 Å². The molecule has 146 valence electrons. The minimum atomic E-state index is -2.91. The molecule has 2 atom stereocenters. The molecule has 0 radical (unpaired) electrons. The Bertz CT molecular complexity index is 960. The number of aliphatic carboxylic acids is 1. The highest BCUT2D eigenvalue weighted by Gasteiger charge is 2.37. The number of carbonyl (C=O) groups is 1. The van der Waals surface area contributed by atoms with Crippen LogP contribution in [0.2, 0.25) is 0 Å². The third-order valence-corrected chi connectivity index (χ3v) is 7.64. The summed E-state index contributed by atoms with van der Waals surface area (Å²) in [7, 11) is -2.91. The SMILES string of the molecule is Cc1[nH]c2ccccc2c1[C@H](C(=O)O)N1CCN([C@H]2CCS(=O)(=O)C2)CC1. The monoisotopic (exact) mass is 391 g/mol. The van der Waals surface area contributed by atoms with Gasteiger partial charge in [-0.3, -0.25) is 14.6 Å². The molecule has 0 spiro atoms. The fourth-order valence-electron chi connectivity index (χ4n) is 4.54. The molecule has 1 aromatic carbocycles. The van der Waals surface area contributed by atoms with Gasteiger partial charge in [0.1, 0.15) is 6.04 Å². The first kappa shape index (κ1) is 18.5. The summed E-state index contributed by atoms with van der Waals surface area (Å²) in [6, 6.07) is 7.17. The van der Waals surface area contributed by atoms with Gasteiger partial charge in [-0.2, -0.15) is 0 Å². The van der Waals surface area contributed by atoms with Crippen LogP contribution in [0.4, 0.5) is 0 Å². The van der Waals surface area contributed by atoms with E-state index in [4.69, 9.17) is 0 Å². The molecule has 2 aliphatic rings. The average Bonchev–Trinajstić information content (AvgIpc) is 3.15. The maximum Gasteiger partial charge on any atom is 0.325 e. The second-order valence-corrected chi connectivity index (χ2v) is 9.81. The van der Waals surface area contributed by atoms with E-state index in [1.54, 1.807) is 0 Å². The number of carboxylic acids is 1. The minimum Gasteiger partial charge on any atom is -0.480 e. The normalized spacial score (nSPS) is 25.0. The van der Waals surface area contributed by atoms with Crippen LogP contribution in [0.3, 0.4) is 0 Å².